The molecule has 82 valence electrons. The van der Waals surface area contributed by atoms with Gasteiger partial charge in [0.05, 0.1) is 0 Å². The maximum absolute atomic E-state index is 5.87. The van der Waals surface area contributed by atoms with E-state index >= 15 is 0 Å². The number of aromatic nitrogens is 2. The van der Waals surface area contributed by atoms with E-state index in [9.17, 15) is 0 Å². The fourth-order valence-corrected chi connectivity index (χ4v) is 1.62. The van der Waals surface area contributed by atoms with E-state index in [1.807, 2.05) is 31.2 Å². The van der Waals surface area contributed by atoms with Gasteiger partial charge in [0, 0.05) is 9.13 Å². The molecule has 0 amide bonds. The number of benzene rings is 1. The molecule has 1 aromatic carbocycles. The molecule has 0 unspecified atom stereocenters. The molecule has 0 atom stereocenters. The number of hydrogen-bond donors (Lipinski definition) is 0. The standard InChI is InChI=1S/C11H8ClIN2O/c1-7-10(12)14-6-15-11(7)16-9-4-2-8(13)3-5-9/h2-6H,1H3. The normalized spacial score (nSPS) is 10.2. The average molecular weight is 347 g/mol. The van der Waals surface area contributed by atoms with Crippen LogP contribution < -0.4 is 4.74 Å². The highest BCUT2D eigenvalue weighted by atomic mass is 127. The van der Waals surface area contributed by atoms with Gasteiger partial charge in [-0.1, -0.05) is 11.6 Å². The number of rotatable bonds is 2. The first-order chi connectivity index (χ1) is 7.66. The largest absolute Gasteiger partial charge is 0.439 e. The van der Waals surface area contributed by atoms with Crippen LogP contribution in [-0.4, -0.2) is 9.97 Å². The first-order valence-corrected chi connectivity index (χ1v) is 6.03. The van der Waals surface area contributed by atoms with Crippen LogP contribution in [0.5, 0.6) is 11.6 Å². The van der Waals surface area contributed by atoms with Crippen molar-refractivity contribution in [1.29, 1.82) is 0 Å². The summed E-state index contributed by atoms with van der Waals surface area (Å²) in [4.78, 5) is 7.91. The summed E-state index contributed by atoms with van der Waals surface area (Å²) in [7, 11) is 0. The van der Waals surface area contributed by atoms with Gasteiger partial charge in [-0.2, -0.15) is 0 Å². The van der Waals surface area contributed by atoms with Crippen molar-refractivity contribution in [3.63, 3.8) is 0 Å². The Kier molecular flexibility index (Phi) is 3.60. The van der Waals surface area contributed by atoms with Gasteiger partial charge in [0.25, 0.3) is 0 Å². The third kappa shape index (κ3) is 2.62. The minimum absolute atomic E-state index is 0.413. The molecule has 16 heavy (non-hydrogen) atoms. The second-order valence-corrected chi connectivity index (χ2v) is 4.75. The minimum Gasteiger partial charge on any atom is -0.439 e. The molecule has 0 saturated carbocycles. The van der Waals surface area contributed by atoms with Crippen molar-refractivity contribution < 1.29 is 4.74 Å². The predicted molar refractivity (Wildman–Crippen MR) is 71.0 cm³/mol. The molecule has 0 aliphatic rings. The van der Waals surface area contributed by atoms with Crippen molar-refractivity contribution in [2.75, 3.05) is 0 Å². The Bertz CT molecular complexity index is 502. The molecular formula is C11H8ClIN2O. The number of hydrogen-bond acceptors (Lipinski definition) is 3. The number of ether oxygens (including phenoxy) is 1. The van der Waals surface area contributed by atoms with Crippen LogP contribution in [0.25, 0.3) is 0 Å². The van der Waals surface area contributed by atoms with Gasteiger partial charge in [-0.3, -0.25) is 0 Å². The van der Waals surface area contributed by atoms with E-state index in [1.165, 1.54) is 6.33 Å². The van der Waals surface area contributed by atoms with E-state index in [0.29, 0.717) is 11.0 Å². The lowest BCUT2D eigenvalue weighted by molar-refractivity contribution is 0.457. The molecule has 2 aromatic rings. The summed E-state index contributed by atoms with van der Waals surface area (Å²) in [5.74, 6) is 1.22. The maximum Gasteiger partial charge on any atom is 0.226 e. The number of halogens is 2. The SMILES string of the molecule is Cc1c(Cl)ncnc1Oc1ccc(I)cc1. The lowest BCUT2D eigenvalue weighted by atomic mass is 10.3. The highest BCUT2D eigenvalue weighted by molar-refractivity contribution is 14.1. The molecule has 0 spiro atoms. The summed E-state index contributed by atoms with van der Waals surface area (Å²) < 4.78 is 6.76. The highest BCUT2D eigenvalue weighted by Crippen LogP contribution is 2.25. The Morgan fingerprint density at radius 1 is 1.19 bits per heavy atom. The van der Waals surface area contributed by atoms with Gasteiger partial charge in [-0.25, -0.2) is 9.97 Å². The first-order valence-electron chi connectivity index (χ1n) is 4.57. The zero-order valence-corrected chi connectivity index (χ0v) is 11.4. The zero-order valence-electron chi connectivity index (χ0n) is 8.45. The van der Waals surface area contributed by atoms with Gasteiger partial charge in [0.1, 0.15) is 17.2 Å². The van der Waals surface area contributed by atoms with Crippen LogP contribution in [0.3, 0.4) is 0 Å². The van der Waals surface area contributed by atoms with Crippen molar-refractivity contribution in [2.24, 2.45) is 0 Å². The number of nitrogens with zero attached hydrogens (tertiary/aromatic N) is 2. The van der Waals surface area contributed by atoms with E-state index in [2.05, 4.69) is 32.6 Å². The minimum atomic E-state index is 0.413. The van der Waals surface area contributed by atoms with Crippen LogP contribution in [0.15, 0.2) is 30.6 Å². The first kappa shape index (κ1) is 11.6. The predicted octanol–water partition coefficient (Wildman–Crippen LogP) is 3.84. The van der Waals surface area contributed by atoms with E-state index in [1.54, 1.807) is 0 Å². The van der Waals surface area contributed by atoms with Gasteiger partial charge >= 0.3 is 0 Å². The quantitative estimate of drug-likeness (QED) is 0.612. The summed E-state index contributed by atoms with van der Waals surface area (Å²) >= 11 is 8.11. The maximum atomic E-state index is 5.87. The Labute approximate surface area is 112 Å². The lowest BCUT2D eigenvalue weighted by Gasteiger charge is -2.07. The third-order valence-electron chi connectivity index (χ3n) is 2.00. The zero-order chi connectivity index (χ0) is 11.5. The molecule has 0 aliphatic carbocycles. The van der Waals surface area contributed by atoms with Gasteiger partial charge in [0.15, 0.2) is 0 Å². The highest BCUT2D eigenvalue weighted by Gasteiger charge is 2.06. The Balaban J connectivity index is 2.27. The summed E-state index contributed by atoms with van der Waals surface area (Å²) in [5, 5.41) is 0.413. The van der Waals surface area contributed by atoms with Crippen LogP contribution in [0, 0.1) is 10.5 Å². The molecule has 0 radical (unpaired) electrons. The van der Waals surface area contributed by atoms with E-state index in [0.717, 1.165) is 14.9 Å². The average Bonchev–Trinajstić information content (AvgIpc) is 2.28. The second kappa shape index (κ2) is 4.97. The molecule has 1 aromatic heterocycles. The van der Waals surface area contributed by atoms with Crippen LogP contribution in [0.4, 0.5) is 0 Å². The fraction of sp³-hybridized carbons (Fsp3) is 0.0909. The summed E-state index contributed by atoms with van der Waals surface area (Å²) in [5.41, 5.74) is 0.739. The van der Waals surface area contributed by atoms with Gasteiger partial charge < -0.3 is 4.74 Å². The molecule has 0 fully saturated rings. The van der Waals surface area contributed by atoms with Gasteiger partial charge in [0.2, 0.25) is 5.88 Å². The molecule has 0 N–H and O–H groups in total. The van der Waals surface area contributed by atoms with Crippen molar-refractivity contribution in [3.8, 4) is 11.6 Å². The third-order valence-corrected chi connectivity index (χ3v) is 3.10. The van der Waals surface area contributed by atoms with Crippen LogP contribution in [-0.2, 0) is 0 Å². The summed E-state index contributed by atoms with van der Waals surface area (Å²) in [6.45, 7) is 1.82. The van der Waals surface area contributed by atoms with Crippen LogP contribution >= 0.6 is 34.2 Å². The van der Waals surface area contributed by atoms with E-state index < -0.39 is 0 Å². The topological polar surface area (TPSA) is 35.0 Å². The van der Waals surface area contributed by atoms with Gasteiger partial charge in [-0.15, -0.1) is 0 Å². The van der Waals surface area contributed by atoms with Gasteiger partial charge in [-0.05, 0) is 53.8 Å². The van der Waals surface area contributed by atoms with Crippen LogP contribution in [0.2, 0.25) is 5.15 Å². The monoisotopic (exact) mass is 346 g/mol. The van der Waals surface area contributed by atoms with E-state index in [-0.39, 0.29) is 0 Å². The molecular weight excluding hydrogens is 338 g/mol. The Morgan fingerprint density at radius 2 is 1.88 bits per heavy atom. The van der Waals surface area contributed by atoms with Crippen molar-refractivity contribution in [1.82, 2.24) is 9.97 Å². The molecule has 1 heterocycles. The second-order valence-electron chi connectivity index (χ2n) is 3.15. The molecule has 2 rings (SSSR count). The molecule has 0 saturated heterocycles. The molecule has 0 bridgehead atoms. The molecule has 0 aliphatic heterocycles. The van der Waals surface area contributed by atoms with Crippen molar-refractivity contribution in [3.05, 3.63) is 44.9 Å². The smallest absolute Gasteiger partial charge is 0.226 e. The summed E-state index contributed by atoms with van der Waals surface area (Å²) in [6.07, 6.45) is 1.39. The summed E-state index contributed by atoms with van der Waals surface area (Å²) in [6, 6.07) is 7.70. The van der Waals surface area contributed by atoms with Crippen molar-refractivity contribution >= 4 is 34.2 Å². The Morgan fingerprint density at radius 3 is 2.56 bits per heavy atom. The Hall–Kier alpha value is -0.880. The lowest BCUT2D eigenvalue weighted by Crippen LogP contribution is -1.93. The van der Waals surface area contributed by atoms with Crippen LogP contribution in [0.1, 0.15) is 5.56 Å². The molecule has 3 nitrogen and oxygen atoms in total. The van der Waals surface area contributed by atoms with E-state index in [4.69, 9.17) is 16.3 Å². The molecule has 5 heteroatoms. The van der Waals surface area contributed by atoms with Crippen molar-refractivity contribution in [2.45, 2.75) is 6.92 Å². The fourth-order valence-electron chi connectivity index (χ4n) is 1.13.